The highest BCUT2D eigenvalue weighted by Gasteiger charge is 2.17. The van der Waals surface area contributed by atoms with Crippen LogP contribution in [0.15, 0.2) is 36.4 Å². The summed E-state index contributed by atoms with van der Waals surface area (Å²) >= 11 is 0. The summed E-state index contributed by atoms with van der Waals surface area (Å²) in [6, 6.07) is 11.4. The molecule has 0 saturated carbocycles. The Hall–Kier alpha value is -2.94. The maximum atomic E-state index is 11.1. The maximum absolute atomic E-state index is 11.1. The molecule has 0 radical (unpaired) electrons. The Bertz CT molecular complexity index is 970. The van der Waals surface area contributed by atoms with Crippen LogP contribution in [-0.4, -0.2) is 15.3 Å². The van der Waals surface area contributed by atoms with Gasteiger partial charge in [0.1, 0.15) is 17.2 Å². The van der Waals surface area contributed by atoms with E-state index < -0.39 is 0 Å². The van der Waals surface area contributed by atoms with Gasteiger partial charge in [0.25, 0.3) is 0 Å². The Labute approximate surface area is 154 Å². The van der Waals surface area contributed by atoms with Crippen molar-refractivity contribution in [2.45, 2.75) is 34.6 Å². The van der Waals surface area contributed by atoms with Crippen LogP contribution in [0, 0.1) is 34.6 Å². The lowest BCUT2D eigenvalue weighted by atomic mass is 9.90. The molecule has 0 unspecified atom stereocenters. The summed E-state index contributed by atoms with van der Waals surface area (Å²) in [5.41, 5.74) is 7.29. The summed E-state index contributed by atoms with van der Waals surface area (Å²) < 4.78 is 0. The van der Waals surface area contributed by atoms with Crippen molar-refractivity contribution in [2.75, 3.05) is 0 Å². The van der Waals surface area contributed by atoms with E-state index >= 15 is 0 Å². The Balaban J connectivity index is 2.26. The second-order valence-electron chi connectivity index (χ2n) is 7.07. The third-order valence-corrected chi connectivity index (χ3v) is 4.97. The Morgan fingerprint density at radius 2 is 0.923 bits per heavy atom. The van der Waals surface area contributed by atoms with Crippen LogP contribution in [-0.2, 0) is 0 Å². The van der Waals surface area contributed by atoms with E-state index in [0.29, 0.717) is 0 Å². The average Bonchev–Trinajstić information content (AvgIpc) is 2.57. The number of benzene rings is 3. The Kier molecular flexibility index (Phi) is 4.41. The maximum Gasteiger partial charge on any atom is 0.131 e. The fourth-order valence-electron chi connectivity index (χ4n) is 3.50. The van der Waals surface area contributed by atoms with Crippen molar-refractivity contribution < 1.29 is 15.3 Å². The molecule has 3 N–H and O–H groups in total. The molecule has 0 amide bonds. The van der Waals surface area contributed by atoms with E-state index in [1.807, 2.05) is 71.0 Å². The van der Waals surface area contributed by atoms with E-state index in [9.17, 15) is 15.3 Å². The molecule has 0 heterocycles. The number of phenols is 3. The second kappa shape index (κ2) is 6.41. The first-order chi connectivity index (χ1) is 12.2. The molecular formula is C23H24O3. The smallest absolute Gasteiger partial charge is 0.131 e. The molecule has 26 heavy (non-hydrogen) atoms. The van der Waals surface area contributed by atoms with E-state index in [0.717, 1.165) is 50.1 Å². The van der Waals surface area contributed by atoms with E-state index in [4.69, 9.17) is 0 Å². The van der Waals surface area contributed by atoms with Gasteiger partial charge >= 0.3 is 0 Å². The van der Waals surface area contributed by atoms with E-state index in [-0.39, 0.29) is 17.2 Å². The molecule has 0 atom stereocenters. The molecule has 3 aromatic rings. The first kappa shape index (κ1) is 17.9. The highest BCUT2D eigenvalue weighted by Crippen LogP contribution is 2.43. The molecule has 0 aliphatic heterocycles. The number of rotatable bonds is 2. The van der Waals surface area contributed by atoms with Gasteiger partial charge in [-0.25, -0.2) is 0 Å². The van der Waals surface area contributed by atoms with Gasteiger partial charge in [0.2, 0.25) is 0 Å². The highest BCUT2D eigenvalue weighted by atomic mass is 16.3. The molecule has 0 spiro atoms. The van der Waals surface area contributed by atoms with Crippen molar-refractivity contribution in [3.63, 3.8) is 0 Å². The topological polar surface area (TPSA) is 60.7 Å². The average molecular weight is 348 g/mol. The Morgan fingerprint density at radius 1 is 0.500 bits per heavy atom. The zero-order valence-corrected chi connectivity index (χ0v) is 15.8. The number of hydrogen-bond acceptors (Lipinski definition) is 3. The van der Waals surface area contributed by atoms with Gasteiger partial charge in [-0.3, -0.25) is 0 Å². The van der Waals surface area contributed by atoms with Crippen LogP contribution in [0.3, 0.4) is 0 Å². The fourth-order valence-corrected chi connectivity index (χ4v) is 3.50. The summed E-state index contributed by atoms with van der Waals surface area (Å²) in [4.78, 5) is 0. The fraction of sp³-hybridized carbons (Fsp3) is 0.217. The summed E-state index contributed by atoms with van der Waals surface area (Å²) in [5, 5.41) is 31.1. The molecule has 0 fully saturated rings. The minimum Gasteiger partial charge on any atom is -0.507 e. The lowest BCUT2D eigenvalue weighted by Gasteiger charge is -2.16. The first-order valence-electron chi connectivity index (χ1n) is 8.64. The van der Waals surface area contributed by atoms with Crippen LogP contribution < -0.4 is 0 Å². The summed E-state index contributed by atoms with van der Waals surface area (Å²) in [6.45, 7) is 9.38. The van der Waals surface area contributed by atoms with Crippen LogP contribution in [0.25, 0.3) is 22.3 Å². The zero-order chi connectivity index (χ0) is 19.2. The SMILES string of the molecule is Cc1cc(-c2ccc(C)c(-c3cc(C)c(O)c(C)c3)c2O)cc(C)c1O. The van der Waals surface area contributed by atoms with Gasteiger partial charge in [-0.2, -0.15) is 0 Å². The highest BCUT2D eigenvalue weighted by molar-refractivity contribution is 5.85. The summed E-state index contributed by atoms with van der Waals surface area (Å²) in [7, 11) is 0. The van der Waals surface area contributed by atoms with Gasteiger partial charge in [-0.1, -0.05) is 12.1 Å². The van der Waals surface area contributed by atoms with Gasteiger partial charge in [0.05, 0.1) is 0 Å². The van der Waals surface area contributed by atoms with Crippen molar-refractivity contribution in [2.24, 2.45) is 0 Å². The van der Waals surface area contributed by atoms with E-state index in [1.165, 1.54) is 0 Å². The van der Waals surface area contributed by atoms with E-state index in [2.05, 4.69) is 0 Å². The standard InChI is InChI=1S/C23H24O3/c1-12-6-7-19(17-8-13(2)21(24)14(3)9-17)23(26)20(12)18-10-15(4)22(25)16(5)11-18/h6-11,24-26H,1-5H3. The normalized spacial score (nSPS) is 11.0. The predicted molar refractivity (Wildman–Crippen MR) is 106 cm³/mol. The van der Waals surface area contributed by atoms with E-state index in [1.54, 1.807) is 0 Å². The Morgan fingerprint density at radius 3 is 1.38 bits per heavy atom. The van der Waals surface area contributed by atoms with Crippen LogP contribution in [0.2, 0.25) is 0 Å². The molecule has 3 heteroatoms. The monoisotopic (exact) mass is 348 g/mol. The van der Waals surface area contributed by atoms with Crippen LogP contribution in [0.4, 0.5) is 0 Å². The second-order valence-corrected chi connectivity index (χ2v) is 7.07. The quantitative estimate of drug-likeness (QED) is 0.558. The number of hydrogen-bond donors (Lipinski definition) is 3. The molecule has 0 bridgehead atoms. The number of phenolic OH excluding ortho intramolecular Hbond substituents is 3. The van der Waals surface area contributed by atoms with Gasteiger partial charge in [0, 0.05) is 11.1 Å². The molecule has 134 valence electrons. The van der Waals surface area contributed by atoms with Crippen molar-refractivity contribution in [1.82, 2.24) is 0 Å². The molecule has 0 aliphatic carbocycles. The van der Waals surface area contributed by atoms with Crippen molar-refractivity contribution in [3.05, 3.63) is 64.2 Å². The molecular weight excluding hydrogens is 324 g/mol. The molecule has 0 aromatic heterocycles. The van der Waals surface area contributed by atoms with Gasteiger partial charge in [-0.05, 0) is 97.8 Å². The van der Waals surface area contributed by atoms with Crippen molar-refractivity contribution >= 4 is 0 Å². The van der Waals surface area contributed by atoms with Gasteiger partial charge in [-0.15, -0.1) is 0 Å². The number of aromatic hydroxyl groups is 3. The molecule has 0 saturated heterocycles. The zero-order valence-electron chi connectivity index (χ0n) is 15.8. The molecule has 3 aromatic carbocycles. The third kappa shape index (κ3) is 2.90. The van der Waals surface area contributed by atoms with Crippen LogP contribution in [0.5, 0.6) is 17.2 Å². The third-order valence-electron chi connectivity index (χ3n) is 4.97. The predicted octanol–water partition coefficient (Wildman–Crippen LogP) is 5.68. The summed E-state index contributed by atoms with van der Waals surface area (Å²) in [6.07, 6.45) is 0. The lowest BCUT2D eigenvalue weighted by Crippen LogP contribution is -1.92. The van der Waals surface area contributed by atoms with Crippen molar-refractivity contribution in [3.8, 4) is 39.5 Å². The minimum atomic E-state index is 0.207. The van der Waals surface area contributed by atoms with Gasteiger partial charge < -0.3 is 15.3 Å². The lowest BCUT2D eigenvalue weighted by molar-refractivity contribution is 0.466. The largest absolute Gasteiger partial charge is 0.507 e. The molecule has 3 nitrogen and oxygen atoms in total. The molecule has 3 rings (SSSR count). The van der Waals surface area contributed by atoms with Gasteiger partial charge in [0.15, 0.2) is 0 Å². The molecule has 0 aliphatic rings. The van der Waals surface area contributed by atoms with Crippen LogP contribution >= 0.6 is 0 Å². The van der Waals surface area contributed by atoms with Crippen LogP contribution in [0.1, 0.15) is 27.8 Å². The summed E-state index contributed by atoms with van der Waals surface area (Å²) in [5.74, 6) is 0.774. The van der Waals surface area contributed by atoms with Crippen molar-refractivity contribution in [1.29, 1.82) is 0 Å². The minimum absolute atomic E-state index is 0.207. The number of aryl methyl sites for hydroxylation is 5. The first-order valence-corrected chi connectivity index (χ1v) is 8.64.